The second kappa shape index (κ2) is 6.57. The predicted molar refractivity (Wildman–Crippen MR) is 91.0 cm³/mol. The molecule has 0 aliphatic rings. The van der Waals surface area contributed by atoms with Crippen molar-refractivity contribution in [2.75, 3.05) is 11.6 Å². The van der Waals surface area contributed by atoms with E-state index >= 15 is 0 Å². The van der Waals surface area contributed by atoms with E-state index in [1.807, 2.05) is 12.1 Å². The molecule has 0 heterocycles. The zero-order valence-electron chi connectivity index (χ0n) is 11.0. The summed E-state index contributed by atoms with van der Waals surface area (Å²) in [7, 11) is -3.35. The lowest BCUT2D eigenvalue weighted by atomic mass is 10.2. The Hall–Kier alpha value is -0.750. The number of hydrogen-bond acceptors (Lipinski definition) is 3. The van der Waals surface area contributed by atoms with Gasteiger partial charge in [-0.1, -0.05) is 45.2 Å². The number of nitrogens with one attached hydrogen (secondary N) is 1. The number of hydrogen-bond donors (Lipinski definition) is 1. The summed E-state index contributed by atoms with van der Waals surface area (Å²) in [4.78, 5) is 0.216. The molecular formula is C14H12BrCl2NO2S. The molecule has 0 radical (unpaired) electrons. The summed E-state index contributed by atoms with van der Waals surface area (Å²) in [6, 6.07) is 10.2. The molecule has 0 spiro atoms. The molecule has 1 N–H and O–H groups in total. The first kappa shape index (κ1) is 16.6. The molecule has 7 heteroatoms. The molecule has 2 aromatic rings. The Balaban J connectivity index is 2.34. The molecule has 2 aromatic carbocycles. The summed E-state index contributed by atoms with van der Waals surface area (Å²) >= 11 is 15.6. The van der Waals surface area contributed by atoms with Gasteiger partial charge in [0.25, 0.3) is 0 Å². The lowest BCUT2D eigenvalue weighted by molar-refractivity contribution is 0.601. The van der Waals surface area contributed by atoms with Crippen LogP contribution in [0.2, 0.25) is 10.0 Å². The first-order valence-corrected chi connectivity index (χ1v) is 9.39. The van der Waals surface area contributed by atoms with Gasteiger partial charge in [0.1, 0.15) is 0 Å². The van der Waals surface area contributed by atoms with Gasteiger partial charge in [0.15, 0.2) is 9.84 Å². The molecule has 0 fully saturated rings. The van der Waals surface area contributed by atoms with Crippen LogP contribution in [0.1, 0.15) is 5.56 Å². The third-order valence-corrected chi connectivity index (χ3v) is 5.22. The van der Waals surface area contributed by atoms with Crippen molar-refractivity contribution in [2.45, 2.75) is 11.4 Å². The largest absolute Gasteiger partial charge is 0.380 e. The molecule has 2 rings (SSSR count). The van der Waals surface area contributed by atoms with E-state index < -0.39 is 9.84 Å². The van der Waals surface area contributed by atoms with E-state index in [0.29, 0.717) is 21.3 Å². The van der Waals surface area contributed by atoms with Crippen molar-refractivity contribution in [1.29, 1.82) is 0 Å². The third kappa shape index (κ3) is 4.13. The molecule has 0 unspecified atom stereocenters. The molecule has 3 nitrogen and oxygen atoms in total. The molecular weight excluding hydrogens is 397 g/mol. The molecule has 0 atom stereocenters. The molecule has 0 aliphatic heterocycles. The number of sulfone groups is 1. The minimum Gasteiger partial charge on any atom is -0.380 e. The van der Waals surface area contributed by atoms with Crippen LogP contribution in [0, 0.1) is 0 Å². The van der Waals surface area contributed by atoms with Crippen molar-refractivity contribution in [1.82, 2.24) is 0 Å². The van der Waals surface area contributed by atoms with Crippen molar-refractivity contribution in [3.63, 3.8) is 0 Å². The SMILES string of the molecule is CS(=O)(=O)c1cccc(Cl)c1CNc1cc(Br)ccc1Cl. The highest BCUT2D eigenvalue weighted by Crippen LogP contribution is 2.29. The van der Waals surface area contributed by atoms with Crippen molar-refractivity contribution in [3.8, 4) is 0 Å². The summed E-state index contributed by atoms with van der Waals surface area (Å²) in [5, 5.41) is 4.06. The van der Waals surface area contributed by atoms with Crippen LogP contribution >= 0.6 is 39.1 Å². The lowest BCUT2D eigenvalue weighted by Crippen LogP contribution is -2.08. The van der Waals surface area contributed by atoms with Gasteiger partial charge in [-0.3, -0.25) is 0 Å². The van der Waals surface area contributed by atoms with Gasteiger partial charge in [0.05, 0.1) is 15.6 Å². The fourth-order valence-corrected chi connectivity index (χ4v) is 3.67. The highest BCUT2D eigenvalue weighted by Gasteiger charge is 2.16. The maximum absolute atomic E-state index is 11.8. The third-order valence-electron chi connectivity index (χ3n) is 2.86. The quantitative estimate of drug-likeness (QED) is 0.792. The number of benzene rings is 2. The van der Waals surface area contributed by atoms with Crippen molar-refractivity contribution < 1.29 is 8.42 Å². The van der Waals surface area contributed by atoms with Crippen LogP contribution in [0.5, 0.6) is 0 Å². The van der Waals surface area contributed by atoms with Crippen molar-refractivity contribution in [2.24, 2.45) is 0 Å². The first-order valence-electron chi connectivity index (χ1n) is 5.95. The Kier molecular flexibility index (Phi) is 5.20. The average Bonchev–Trinajstić information content (AvgIpc) is 2.39. The average molecular weight is 409 g/mol. The van der Waals surface area contributed by atoms with E-state index in [0.717, 1.165) is 10.7 Å². The summed E-state index contributed by atoms with van der Waals surface area (Å²) < 4.78 is 24.5. The zero-order chi connectivity index (χ0) is 15.6. The van der Waals surface area contributed by atoms with Gasteiger partial charge < -0.3 is 5.32 Å². The van der Waals surface area contributed by atoms with Crippen molar-refractivity contribution in [3.05, 3.63) is 56.5 Å². The van der Waals surface area contributed by atoms with E-state index in [1.54, 1.807) is 24.3 Å². The predicted octanol–water partition coefficient (Wildman–Crippen LogP) is 4.77. The minimum absolute atomic E-state index is 0.216. The molecule has 0 aliphatic carbocycles. The standard InChI is InChI=1S/C14H12BrCl2NO2S/c1-21(19,20)14-4-2-3-11(16)10(14)8-18-13-7-9(15)5-6-12(13)17/h2-7,18H,8H2,1H3. The molecule has 0 amide bonds. The van der Waals surface area contributed by atoms with Crippen LogP contribution in [0.4, 0.5) is 5.69 Å². The van der Waals surface area contributed by atoms with Crippen LogP contribution in [0.15, 0.2) is 45.8 Å². The van der Waals surface area contributed by atoms with E-state index in [4.69, 9.17) is 23.2 Å². The van der Waals surface area contributed by atoms with Crippen LogP contribution in [0.25, 0.3) is 0 Å². The number of anilines is 1. The summed E-state index contributed by atoms with van der Waals surface area (Å²) in [5.74, 6) is 0. The summed E-state index contributed by atoms with van der Waals surface area (Å²) in [6.07, 6.45) is 1.16. The summed E-state index contributed by atoms with van der Waals surface area (Å²) in [6.45, 7) is 0.262. The van der Waals surface area contributed by atoms with E-state index in [1.165, 1.54) is 0 Å². The van der Waals surface area contributed by atoms with Crippen molar-refractivity contribution >= 4 is 54.7 Å². The lowest BCUT2D eigenvalue weighted by Gasteiger charge is -2.13. The number of halogens is 3. The van der Waals surface area contributed by atoms with Crippen LogP contribution in [-0.2, 0) is 16.4 Å². The Morgan fingerprint density at radius 2 is 1.86 bits per heavy atom. The van der Waals surface area contributed by atoms with Gasteiger partial charge in [-0.2, -0.15) is 0 Å². The zero-order valence-corrected chi connectivity index (χ0v) is 14.9. The molecule has 112 valence electrons. The smallest absolute Gasteiger partial charge is 0.175 e. The fourth-order valence-electron chi connectivity index (χ4n) is 1.87. The van der Waals surface area contributed by atoms with E-state index in [9.17, 15) is 8.42 Å². The number of rotatable bonds is 4. The second-order valence-electron chi connectivity index (χ2n) is 4.47. The molecule has 0 bridgehead atoms. The Morgan fingerprint density at radius 3 is 2.52 bits per heavy atom. The second-order valence-corrected chi connectivity index (χ2v) is 8.18. The highest BCUT2D eigenvalue weighted by atomic mass is 79.9. The monoisotopic (exact) mass is 407 g/mol. The van der Waals surface area contributed by atoms with Crippen LogP contribution < -0.4 is 5.32 Å². The maximum atomic E-state index is 11.8. The Bertz CT molecular complexity index is 779. The van der Waals surface area contributed by atoms with Gasteiger partial charge in [0.2, 0.25) is 0 Å². The van der Waals surface area contributed by atoms with Gasteiger partial charge in [-0.25, -0.2) is 8.42 Å². The van der Waals surface area contributed by atoms with Crippen LogP contribution in [-0.4, -0.2) is 14.7 Å². The normalized spacial score (nSPS) is 11.4. The van der Waals surface area contributed by atoms with E-state index in [2.05, 4.69) is 21.2 Å². The van der Waals surface area contributed by atoms with Gasteiger partial charge in [0, 0.05) is 27.9 Å². The highest BCUT2D eigenvalue weighted by molar-refractivity contribution is 9.10. The first-order chi connectivity index (χ1) is 9.79. The molecule has 0 saturated heterocycles. The van der Waals surface area contributed by atoms with Gasteiger partial charge in [-0.05, 0) is 30.3 Å². The van der Waals surface area contributed by atoms with Gasteiger partial charge in [-0.15, -0.1) is 0 Å². The minimum atomic E-state index is -3.35. The summed E-state index contributed by atoms with van der Waals surface area (Å²) in [5.41, 5.74) is 1.23. The molecule has 21 heavy (non-hydrogen) atoms. The van der Waals surface area contributed by atoms with Crippen LogP contribution in [0.3, 0.4) is 0 Å². The van der Waals surface area contributed by atoms with E-state index in [-0.39, 0.29) is 11.4 Å². The fraction of sp³-hybridized carbons (Fsp3) is 0.143. The Labute approximate surface area is 142 Å². The Morgan fingerprint density at radius 1 is 1.14 bits per heavy atom. The molecule has 0 saturated carbocycles. The van der Waals surface area contributed by atoms with Gasteiger partial charge >= 0.3 is 0 Å². The maximum Gasteiger partial charge on any atom is 0.175 e. The topological polar surface area (TPSA) is 46.2 Å². The molecule has 0 aromatic heterocycles.